The summed E-state index contributed by atoms with van der Waals surface area (Å²) in [7, 11) is 0. The fraction of sp³-hybridized carbons (Fsp3) is 0.773. The van der Waals surface area contributed by atoms with Gasteiger partial charge in [-0.2, -0.15) is 0 Å². The zero-order valence-corrected chi connectivity index (χ0v) is 20.0. The van der Waals surface area contributed by atoms with Gasteiger partial charge in [-0.15, -0.1) is 11.8 Å². The van der Waals surface area contributed by atoms with Crippen LogP contribution in [0.25, 0.3) is 0 Å². The van der Waals surface area contributed by atoms with Gasteiger partial charge in [0.1, 0.15) is 0 Å². The third kappa shape index (κ3) is 8.27. The lowest BCUT2D eigenvalue weighted by Gasteiger charge is -2.36. The average Bonchev–Trinajstić information content (AvgIpc) is 3.19. The van der Waals surface area contributed by atoms with Crippen LogP contribution in [0.1, 0.15) is 71.1 Å². The Morgan fingerprint density at radius 3 is 2.68 bits per heavy atom. The zero-order valence-electron chi connectivity index (χ0n) is 18.4. The number of nitrogens with zero attached hydrogens (tertiary/aromatic N) is 2. The molecule has 2 saturated carbocycles. The number of carbonyl (C=O) groups excluding carboxylic acids is 1. The highest BCUT2D eigenvalue weighted by Crippen LogP contribution is 2.30. The molecule has 0 unspecified atom stereocenters. The van der Waals surface area contributed by atoms with Crippen LogP contribution in [0.2, 0.25) is 0 Å². The highest BCUT2D eigenvalue weighted by atomic mass is 32.2. The number of thioether (sulfide) groups is 1. The van der Waals surface area contributed by atoms with E-state index in [0.29, 0.717) is 30.1 Å². The standard InChI is InChI=1S/C22H35N3O4S2/c1-16-7-9-17(10-8-16)25(12-13-29-18-5-3-2-4-6-18)22(28)24-21-23-15-20(31-21)30-14-11-19(26)27/h15-18H,2-14H2,1H3,(H,26,27)(H,23,24,28)/t16-,17-. The molecule has 1 aromatic heterocycles. The number of hydrogen-bond donors (Lipinski definition) is 2. The maximum absolute atomic E-state index is 13.1. The van der Waals surface area contributed by atoms with Crippen LogP contribution < -0.4 is 5.32 Å². The van der Waals surface area contributed by atoms with Crippen LogP contribution in [0.15, 0.2) is 10.4 Å². The van der Waals surface area contributed by atoms with E-state index in [1.807, 2.05) is 4.90 Å². The molecule has 2 aliphatic carbocycles. The van der Waals surface area contributed by atoms with Gasteiger partial charge >= 0.3 is 12.0 Å². The summed E-state index contributed by atoms with van der Waals surface area (Å²) in [6, 6.07) is 0.138. The predicted octanol–water partition coefficient (Wildman–Crippen LogP) is 5.47. The number of carbonyl (C=O) groups is 2. The number of thiazole rings is 1. The Bertz CT molecular complexity index is 701. The minimum Gasteiger partial charge on any atom is -0.481 e. The normalized spacial score (nSPS) is 22.2. The van der Waals surface area contributed by atoms with Crippen LogP contribution in [0.4, 0.5) is 9.93 Å². The number of nitrogens with one attached hydrogen (secondary N) is 1. The molecule has 2 N–H and O–H groups in total. The third-order valence-corrected chi connectivity index (χ3v) is 8.29. The molecule has 2 aliphatic rings. The second-order valence-corrected chi connectivity index (χ2v) is 11.1. The first-order chi connectivity index (χ1) is 15.0. The lowest BCUT2D eigenvalue weighted by molar-refractivity contribution is -0.136. The topological polar surface area (TPSA) is 91.8 Å². The maximum Gasteiger partial charge on any atom is 0.323 e. The monoisotopic (exact) mass is 469 g/mol. The van der Waals surface area contributed by atoms with Crippen molar-refractivity contribution in [3.8, 4) is 0 Å². The van der Waals surface area contributed by atoms with E-state index in [0.717, 1.165) is 48.7 Å². The Hall–Kier alpha value is -1.32. The van der Waals surface area contributed by atoms with Gasteiger partial charge in [0.25, 0.3) is 0 Å². The highest BCUT2D eigenvalue weighted by molar-refractivity contribution is 8.01. The summed E-state index contributed by atoms with van der Waals surface area (Å²) < 4.78 is 7.02. The predicted molar refractivity (Wildman–Crippen MR) is 125 cm³/mol. The molecule has 2 amide bonds. The molecule has 3 rings (SSSR count). The van der Waals surface area contributed by atoms with Gasteiger partial charge in [-0.05, 0) is 44.4 Å². The number of aliphatic carboxylic acids is 1. The molecule has 0 aliphatic heterocycles. The van der Waals surface area contributed by atoms with E-state index < -0.39 is 5.97 Å². The van der Waals surface area contributed by atoms with E-state index in [4.69, 9.17) is 9.84 Å². The van der Waals surface area contributed by atoms with Gasteiger partial charge in [-0.3, -0.25) is 10.1 Å². The first kappa shape index (κ1) is 24.3. The van der Waals surface area contributed by atoms with Crippen LogP contribution in [0.3, 0.4) is 0 Å². The van der Waals surface area contributed by atoms with Crippen molar-refractivity contribution in [1.29, 1.82) is 0 Å². The van der Waals surface area contributed by atoms with Crippen molar-refractivity contribution in [3.63, 3.8) is 0 Å². The van der Waals surface area contributed by atoms with Crippen LogP contribution in [-0.4, -0.2) is 58.0 Å². The third-order valence-electron chi connectivity index (χ3n) is 6.18. The number of hydrogen-bond acceptors (Lipinski definition) is 6. The molecule has 2 fully saturated rings. The number of carboxylic acid groups (broad SMARTS) is 1. The van der Waals surface area contributed by atoms with Crippen LogP contribution in [0.5, 0.6) is 0 Å². The minimum absolute atomic E-state index is 0.108. The number of aromatic nitrogens is 1. The summed E-state index contributed by atoms with van der Waals surface area (Å²) in [6.45, 7) is 3.47. The summed E-state index contributed by atoms with van der Waals surface area (Å²) >= 11 is 2.85. The summed E-state index contributed by atoms with van der Waals surface area (Å²) in [6.07, 6.45) is 12.6. The van der Waals surface area contributed by atoms with Gasteiger partial charge in [-0.1, -0.05) is 37.5 Å². The molecular weight excluding hydrogens is 434 g/mol. The van der Waals surface area contributed by atoms with Gasteiger partial charge in [0.15, 0.2) is 5.13 Å². The first-order valence-electron chi connectivity index (χ1n) is 11.5. The fourth-order valence-electron chi connectivity index (χ4n) is 4.34. The number of rotatable bonds is 10. The molecule has 0 radical (unpaired) electrons. The van der Waals surface area contributed by atoms with Crippen molar-refractivity contribution in [3.05, 3.63) is 6.20 Å². The van der Waals surface area contributed by atoms with E-state index in [2.05, 4.69) is 17.2 Å². The van der Waals surface area contributed by atoms with Gasteiger partial charge in [-0.25, -0.2) is 9.78 Å². The summed E-state index contributed by atoms with van der Waals surface area (Å²) in [5.74, 6) is 0.415. The lowest BCUT2D eigenvalue weighted by Crippen LogP contribution is -2.46. The molecule has 1 heterocycles. The number of carboxylic acids is 1. The quantitative estimate of drug-likeness (QED) is 0.441. The summed E-state index contributed by atoms with van der Waals surface area (Å²) in [5.41, 5.74) is 0. The fourth-order valence-corrected chi connectivity index (χ4v) is 6.21. The Kier molecular flexibility index (Phi) is 9.93. The van der Waals surface area contributed by atoms with Crippen molar-refractivity contribution >= 4 is 40.2 Å². The number of anilines is 1. The first-order valence-corrected chi connectivity index (χ1v) is 13.3. The van der Waals surface area contributed by atoms with Crippen LogP contribution in [-0.2, 0) is 9.53 Å². The Morgan fingerprint density at radius 2 is 1.97 bits per heavy atom. The van der Waals surface area contributed by atoms with E-state index in [1.165, 1.54) is 42.4 Å². The van der Waals surface area contributed by atoms with Crippen molar-refractivity contribution in [2.45, 2.75) is 87.5 Å². The van der Waals surface area contributed by atoms with Crippen molar-refractivity contribution < 1.29 is 19.4 Å². The van der Waals surface area contributed by atoms with E-state index >= 15 is 0 Å². The Morgan fingerprint density at radius 1 is 1.23 bits per heavy atom. The number of amides is 2. The molecule has 0 bridgehead atoms. The average molecular weight is 470 g/mol. The largest absolute Gasteiger partial charge is 0.481 e. The van der Waals surface area contributed by atoms with Gasteiger partial charge in [0.2, 0.25) is 0 Å². The molecule has 174 valence electrons. The second-order valence-electron chi connectivity index (χ2n) is 8.64. The Labute approximate surface area is 193 Å². The molecule has 0 spiro atoms. The lowest BCUT2D eigenvalue weighted by atomic mass is 9.86. The van der Waals surface area contributed by atoms with E-state index in [9.17, 15) is 9.59 Å². The molecule has 0 saturated heterocycles. The molecule has 9 heteroatoms. The van der Waals surface area contributed by atoms with E-state index in [1.54, 1.807) is 6.20 Å². The Balaban J connectivity index is 1.53. The molecule has 1 aromatic rings. The summed E-state index contributed by atoms with van der Waals surface area (Å²) in [5, 5.41) is 12.3. The van der Waals surface area contributed by atoms with Crippen molar-refractivity contribution in [2.75, 3.05) is 24.2 Å². The van der Waals surface area contributed by atoms with Gasteiger partial charge in [0.05, 0.1) is 29.5 Å². The maximum atomic E-state index is 13.1. The zero-order chi connectivity index (χ0) is 22.1. The van der Waals surface area contributed by atoms with E-state index in [-0.39, 0.29) is 18.5 Å². The molecule has 0 atom stereocenters. The smallest absolute Gasteiger partial charge is 0.323 e. The molecule has 7 nitrogen and oxygen atoms in total. The van der Waals surface area contributed by atoms with Crippen LogP contribution >= 0.6 is 23.1 Å². The number of ether oxygens (including phenoxy) is 1. The SMILES string of the molecule is C[C@H]1CC[C@H](N(CCOC2CCCCC2)C(=O)Nc2ncc(SCCC(=O)O)s2)CC1. The molecule has 31 heavy (non-hydrogen) atoms. The van der Waals surface area contributed by atoms with Crippen molar-refractivity contribution in [1.82, 2.24) is 9.88 Å². The minimum atomic E-state index is -0.807. The van der Waals surface area contributed by atoms with Gasteiger partial charge < -0.3 is 14.7 Å². The molecule has 0 aromatic carbocycles. The number of urea groups is 1. The summed E-state index contributed by atoms with van der Waals surface area (Å²) in [4.78, 5) is 30.1. The van der Waals surface area contributed by atoms with Crippen molar-refractivity contribution in [2.24, 2.45) is 5.92 Å². The molecular formula is C22H35N3O4S2. The second kappa shape index (κ2) is 12.6. The van der Waals surface area contributed by atoms with Crippen LogP contribution in [0, 0.1) is 5.92 Å². The van der Waals surface area contributed by atoms with Gasteiger partial charge in [0, 0.05) is 18.3 Å². The highest BCUT2D eigenvalue weighted by Gasteiger charge is 2.28.